The normalized spacial score (nSPS) is 22.8. The Balaban J connectivity index is 1.75. The predicted molar refractivity (Wildman–Crippen MR) is 108 cm³/mol. The van der Waals surface area contributed by atoms with Gasteiger partial charge in [0.25, 0.3) is 5.56 Å². The quantitative estimate of drug-likeness (QED) is 0.758. The SMILES string of the molecule is C[C@@H](CN1c2nc(N3CCOCC3)cc(=O)n2C[C@@]1(C)C(F)(F)F)c1ccccc1. The third kappa shape index (κ3) is 3.55. The number of morpholine rings is 1. The molecule has 0 saturated carbocycles. The van der Waals surface area contributed by atoms with Crippen molar-refractivity contribution in [2.75, 3.05) is 42.6 Å². The van der Waals surface area contributed by atoms with Crippen LogP contribution < -0.4 is 15.4 Å². The molecule has 0 aliphatic carbocycles. The zero-order chi connectivity index (χ0) is 21.5. The summed E-state index contributed by atoms with van der Waals surface area (Å²) in [6.07, 6.45) is -4.53. The van der Waals surface area contributed by atoms with Crippen LogP contribution in [0.15, 0.2) is 41.2 Å². The van der Waals surface area contributed by atoms with Crippen LogP contribution in [0.1, 0.15) is 25.3 Å². The number of hydrogen-bond acceptors (Lipinski definition) is 5. The molecule has 6 nitrogen and oxygen atoms in total. The van der Waals surface area contributed by atoms with Gasteiger partial charge in [-0.2, -0.15) is 18.2 Å². The second-order valence-corrected chi connectivity index (χ2v) is 8.13. The van der Waals surface area contributed by atoms with Gasteiger partial charge in [0, 0.05) is 25.7 Å². The highest BCUT2D eigenvalue weighted by Crippen LogP contribution is 2.44. The van der Waals surface area contributed by atoms with Crippen LogP contribution in [0, 0.1) is 0 Å². The number of fused-ring (bicyclic) bond motifs is 1. The van der Waals surface area contributed by atoms with Gasteiger partial charge in [-0.1, -0.05) is 37.3 Å². The van der Waals surface area contributed by atoms with Gasteiger partial charge in [0.2, 0.25) is 5.95 Å². The fourth-order valence-corrected chi connectivity index (χ4v) is 4.09. The van der Waals surface area contributed by atoms with Gasteiger partial charge in [-0.05, 0) is 18.4 Å². The van der Waals surface area contributed by atoms with Crippen molar-refractivity contribution in [3.63, 3.8) is 0 Å². The van der Waals surface area contributed by atoms with Crippen LogP contribution in [0.3, 0.4) is 0 Å². The zero-order valence-corrected chi connectivity index (χ0v) is 17.0. The van der Waals surface area contributed by atoms with Gasteiger partial charge < -0.3 is 14.5 Å². The first-order valence-corrected chi connectivity index (χ1v) is 10.0. The first-order valence-electron chi connectivity index (χ1n) is 10.0. The summed E-state index contributed by atoms with van der Waals surface area (Å²) in [6, 6.07) is 10.7. The van der Waals surface area contributed by atoms with Gasteiger partial charge in [-0.25, -0.2) is 0 Å². The van der Waals surface area contributed by atoms with Crippen LogP contribution in [0.4, 0.5) is 24.9 Å². The number of rotatable bonds is 4. The van der Waals surface area contributed by atoms with Gasteiger partial charge in [-0.15, -0.1) is 0 Å². The van der Waals surface area contributed by atoms with Crippen LogP contribution in [-0.4, -0.2) is 54.1 Å². The van der Waals surface area contributed by atoms with Crippen LogP contribution in [0.2, 0.25) is 0 Å². The second-order valence-electron chi connectivity index (χ2n) is 8.13. The fraction of sp³-hybridized carbons (Fsp3) is 0.524. The van der Waals surface area contributed by atoms with Crippen LogP contribution in [0.25, 0.3) is 0 Å². The predicted octanol–water partition coefficient (Wildman–Crippen LogP) is 3.02. The molecule has 1 saturated heterocycles. The lowest BCUT2D eigenvalue weighted by Gasteiger charge is -2.38. The van der Waals surface area contributed by atoms with Crippen molar-refractivity contribution in [1.29, 1.82) is 0 Å². The molecule has 0 spiro atoms. The summed E-state index contributed by atoms with van der Waals surface area (Å²) in [4.78, 5) is 20.4. The van der Waals surface area contributed by atoms with E-state index in [9.17, 15) is 18.0 Å². The Kier molecular flexibility index (Phi) is 5.25. The largest absolute Gasteiger partial charge is 0.413 e. The van der Waals surface area contributed by atoms with Gasteiger partial charge >= 0.3 is 6.18 Å². The highest BCUT2D eigenvalue weighted by Gasteiger charge is 2.60. The van der Waals surface area contributed by atoms with E-state index < -0.39 is 23.8 Å². The molecule has 2 aliphatic rings. The Morgan fingerprint density at radius 1 is 1.20 bits per heavy atom. The van der Waals surface area contributed by atoms with E-state index in [0.717, 1.165) is 17.1 Å². The molecule has 1 fully saturated rings. The second kappa shape index (κ2) is 7.61. The number of aromatic nitrogens is 2. The van der Waals surface area contributed by atoms with E-state index in [1.165, 1.54) is 11.0 Å². The molecular weight excluding hydrogens is 397 g/mol. The molecule has 0 N–H and O–H groups in total. The average molecular weight is 422 g/mol. The van der Waals surface area contributed by atoms with Gasteiger partial charge in [0.05, 0.1) is 19.8 Å². The molecule has 162 valence electrons. The minimum Gasteiger partial charge on any atom is -0.378 e. The molecule has 30 heavy (non-hydrogen) atoms. The van der Waals surface area contributed by atoms with E-state index in [-0.39, 0.29) is 18.4 Å². The molecule has 0 bridgehead atoms. The lowest BCUT2D eigenvalue weighted by molar-refractivity contribution is -0.182. The number of halogens is 3. The molecule has 1 aromatic carbocycles. The van der Waals surface area contributed by atoms with Crippen LogP contribution in [-0.2, 0) is 11.3 Å². The molecule has 2 aliphatic heterocycles. The summed E-state index contributed by atoms with van der Waals surface area (Å²) in [7, 11) is 0. The van der Waals surface area contributed by atoms with Crippen molar-refractivity contribution in [1.82, 2.24) is 9.55 Å². The molecule has 4 rings (SSSR count). The van der Waals surface area contributed by atoms with Crippen LogP contribution in [0.5, 0.6) is 0 Å². The Labute approximate surface area is 172 Å². The number of nitrogens with zero attached hydrogens (tertiary/aromatic N) is 4. The molecule has 0 amide bonds. The highest BCUT2D eigenvalue weighted by molar-refractivity contribution is 5.50. The Morgan fingerprint density at radius 3 is 2.50 bits per heavy atom. The molecule has 0 unspecified atom stereocenters. The van der Waals surface area contributed by atoms with Crippen molar-refractivity contribution < 1.29 is 17.9 Å². The van der Waals surface area contributed by atoms with Gasteiger partial charge in [-0.3, -0.25) is 9.36 Å². The number of anilines is 2. The summed E-state index contributed by atoms with van der Waals surface area (Å²) in [6.45, 7) is 4.75. The molecule has 2 atom stereocenters. The van der Waals surface area contributed by atoms with Crippen molar-refractivity contribution in [2.24, 2.45) is 0 Å². The highest BCUT2D eigenvalue weighted by atomic mass is 19.4. The summed E-state index contributed by atoms with van der Waals surface area (Å²) >= 11 is 0. The number of ether oxygens (including phenoxy) is 1. The van der Waals surface area contributed by atoms with Gasteiger partial charge in [0.1, 0.15) is 5.82 Å². The van der Waals surface area contributed by atoms with E-state index in [4.69, 9.17) is 4.74 Å². The van der Waals surface area contributed by atoms with E-state index in [2.05, 4.69) is 4.98 Å². The monoisotopic (exact) mass is 422 g/mol. The summed E-state index contributed by atoms with van der Waals surface area (Å²) < 4.78 is 49.0. The van der Waals surface area contributed by atoms with E-state index >= 15 is 0 Å². The van der Waals surface area contributed by atoms with E-state index in [0.29, 0.717) is 32.1 Å². The minimum atomic E-state index is -4.53. The third-order valence-corrected chi connectivity index (χ3v) is 6.05. The van der Waals surface area contributed by atoms with E-state index in [1.54, 1.807) is 0 Å². The standard InChI is InChI=1S/C21H25F3N4O2/c1-15(16-6-4-3-5-7-16)13-28-19-25-17(26-8-10-30-11-9-26)12-18(29)27(19)14-20(28,2)21(22,23)24/h3-7,12,15H,8-11,13-14H2,1-2H3/t15-,20-/m0/s1. The Bertz CT molecular complexity index is 957. The van der Waals surface area contributed by atoms with Crippen molar-refractivity contribution >= 4 is 11.8 Å². The Morgan fingerprint density at radius 2 is 1.87 bits per heavy atom. The zero-order valence-electron chi connectivity index (χ0n) is 17.0. The lowest BCUT2D eigenvalue weighted by Crippen LogP contribution is -2.56. The third-order valence-electron chi connectivity index (χ3n) is 6.05. The number of benzene rings is 1. The summed E-state index contributed by atoms with van der Waals surface area (Å²) in [5.74, 6) is 0.299. The molecule has 9 heteroatoms. The topological polar surface area (TPSA) is 50.6 Å². The molecule has 1 aromatic heterocycles. The Hall–Kier alpha value is -2.55. The molecule has 2 aromatic rings. The molecular formula is C21H25F3N4O2. The lowest BCUT2D eigenvalue weighted by atomic mass is 9.96. The average Bonchev–Trinajstić information content (AvgIpc) is 3.03. The number of alkyl halides is 3. The smallest absolute Gasteiger partial charge is 0.378 e. The van der Waals surface area contributed by atoms with E-state index in [1.807, 2.05) is 42.2 Å². The summed E-state index contributed by atoms with van der Waals surface area (Å²) in [5.41, 5.74) is -1.74. The first kappa shape index (κ1) is 20.7. The van der Waals surface area contributed by atoms with Gasteiger partial charge in [0.15, 0.2) is 5.54 Å². The van der Waals surface area contributed by atoms with Crippen molar-refractivity contribution in [3.8, 4) is 0 Å². The maximum Gasteiger partial charge on any atom is 0.413 e. The fourth-order valence-electron chi connectivity index (χ4n) is 4.09. The maximum absolute atomic E-state index is 14.2. The van der Waals surface area contributed by atoms with Crippen molar-refractivity contribution in [2.45, 2.75) is 38.0 Å². The minimum absolute atomic E-state index is 0.0756. The summed E-state index contributed by atoms with van der Waals surface area (Å²) in [5, 5.41) is 0. The maximum atomic E-state index is 14.2. The molecule has 0 radical (unpaired) electrons. The molecule has 3 heterocycles. The van der Waals surface area contributed by atoms with Crippen molar-refractivity contribution in [3.05, 3.63) is 52.3 Å². The van der Waals surface area contributed by atoms with Crippen LogP contribution >= 0.6 is 0 Å². The number of hydrogen-bond donors (Lipinski definition) is 0. The first-order chi connectivity index (χ1) is 14.2.